The molecule has 1 aliphatic carbocycles. The fourth-order valence-electron chi connectivity index (χ4n) is 3.14. The maximum Gasteiger partial charge on any atom is 0.238 e. The number of nitrogens with one attached hydrogen (secondary N) is 2. The highest BCUT2D eigenvalue weighted by Crippen LogP contribution is 2.22. The molecule has 2 N–H and O–H groups in total. The van der Waals surface area contributed by atoms with Crippen LogP contribution in [0.4, 0.5) is 5.69 Å². The second-order valence-corrected chi connectivity index (χ2v) is 6.27. The molecule has 1 amide bonds. The fraction of sp³-hybridized carbons (Fsp3) is 0.444. The van der Waals surface area contributed by atoms with Gasteiger partial charge in [0.2, 0.25) is 5.91 Å². The van der Waals surface area contributed by atoms with E-state index in [2.05, 4.69) is 15.5 Å². The number of amides is 1. The second-order valence-electron chi connectivity index (χ2n) is 6.27. The highest BCUT2D eigenvalue weighted by Gasteiger charge is 2.17. The van der Waals surface area contributed by atoms with Gasteiger partial charge in [-0.2, -0.15) is 5.10 Å². The number of para-hydroxylation sites is 1. The van der Waals surface area contributed by atoms with Gasteiger partial charge in [-0.05, 0) is 50.4 Å². The molecule has 3 rings (SSSR count). The largest absolute Gasteiger partial charge is 0.325 e. The van der Waals surface area contributed by atoms with E-state index in [-0.39, 0.29) is 5.91 Å². The zero-order chi connectivity index (χ0) is 16.1. The number of rotatable bonds is 5. The van der Waals surface area contributed by atoms with Gasteiger partial charge in [-0.3, -0.25) is 14.8 Å². The van der Waals surface area contributed by atoms with E-state index in [1.807, 2.05) is 42.3 Å². The van der Waals surface area contributed by atoms with Crippen molar-refractivity contribution in [3.8, 4) is 0 Å². The Bertz CT molecular complexity index is 650. The summed E-state index contributed by atoms with van der Waals surface area (Å²) in [6.45, 7) is 1.06. The van der Waals surface area contributed by atoms with Crippen molar-refractivity contribution in [2.75, 3.05) is 18.9 Å². The van der Waals surface area contributed by atoms with E-state index in [4.69, 9.17) is 0 Å². The molecule has 0 spiro atoms. The van der Waals surface area contributed by atoms with Gasteiger partial charge in [0.15, 0.2) is 0 Å². The lowest BCUT2D eigenvalue weighted by molar-refractivity contribution is -0.117. The van der Waals surface area contributed by atoms with Gasteiger partial charge in [0.1, 0.15) is 0 Å². The summed E-state index contributed by atoms with van der Waals surface area (Å²) >= 11 is 0. The minimum Gasteiger partial charge on any atom is -0.325 e. The van der Waals surface area contributed by atoms with E-state index in [0.29, 0.717) is 13.1 Å². The molecule has 1 aromatic carbocycles. The summed E-state index contributed by atoms with van der Waals surface area (Å²) in [6, 6.07) is 9.55. The fourth-order valence-corrected chi connectivity index (χ4v) is 3.14. The minimum absolute atomic E-state index is 0.000301. The molecule has 0 radical (unpaired) electrons. The lowest BCUT2D eigenvalue weighted by Crippen LogP contribution is -2.30. The van der Waals surface area contributed by atoms with Crippen molar-refractivity contribution in [2.45, 2.75) is 38.6 Å². The van der Waals surface area contributed by atoms with Gasteiger partial charge >= 0.3 is 0 Å². The topological polar surface area (TPSA) is 61.0 Å². The molecule has 0 bridgehead atoms. The Morgan fingerprint density at radius 2 is 2.00 bits per heavy atom. The Morgan fingerprint density at radius 3 is 2.83 bits per heavy atom. The number of aromatic amines is 1. The van der Waals surface area contributed by atoms with Crippen molar-refractivity contribution < 1.29 is 4.79 Å². The molecular weight excluding hydrogens is 288 g/mol. The van der Waals surface area contributed by atoms with Crippen LogP contribution >= 0.6 is 0 Å². The van der Waals surface area contributed by atoms with Crippen LogP contribution in [0.25, 0.3) is 0 Å². The first kappa shape index (κ1) is 15.7. The number of carbonyl (C=O) groups excluding carboxylic acids is 1. The molecular formula is C18H24N4O. The number of likely N-dealkylation sites (N-methyl/N-ethyl adjacent to an activating group) is 1. The number of H-pyrrole nitrogens is 1. The van der Waals surface area contributed by atoms with Crippen LogP contribution in [-0.2, 0) is 24.2 Å². The Labute approximate surface area is 137 Å². The monoisotopic (exact) mass is 312 g/mol. The average molecular weight is 312 g/mol. The van der Waals surface area contributed by atoms with E-state index in [1.165, 1.54) is 30.5 Å². The zero-order valence-electron chi connectivity index (χ0n) is 13.6. The van der Waals surface area contributed by atoms with Crippen LogP contribution in [0.5, 0.6) is 0 Å². The van der Waals surface area contributed by atoms with E-state index >= 15 is 0 Å². The molecule has 0 saturated heterocycles. The Hall–Kier alpha value is -2.14. The molecule has 2 aromatic rings. The van der Waals surface area contributed by atoms with Crippen LogP contribution in [0, 0.1) is 0 Å². The average Bonchev–Trinajstić information content (AvgIpc) is 2.76. The molecule has 0 fully saturated rings. The van der Waals surface area contributed by atoms with Gasteiger partial charge in [-0.25, -0.2) is 0 Å². The first-order valence-electron chi connectivity index (χ1n) is 8.31. The van der Waals surface area contributed by atoms with Crippen LogP contribution < -0.4 is 5.32 Å². The molecule has 122 valence electrons. The van der Waals surface area contributed by atoms with Crippen molar-refractivity contribution in [3.05, 3.63) is 47.3 Å². The summed E-state index contributed by atoms with van der Waals surface area (Å²) in [5.74, 6) is 0.000301. The number of hydrogen-bond acceptors (Lipinski definition) is 3. The maximum atomic E-state index is 12.1. The minimum atomic E-state index is 0.000301. The Morgan fingerprint density at radius 1 is 1.22 bits per heavy atom. The maximum absolute atomic E-state index is 12.1. The molecule has 1 heterocycles. The van der Waals surface area contributed by atoms with Crippen LogP contribution in [0.1, 0.15) is 36.2 Å². The summed E-state index contributed by atoms with van der Waals surface area (Å²) < 4.78 is 0. The van der Waals surface area contributed by atoms with Crippen LogP contribution in [0.3, 0.4) is 0 Å². The third kappa shape index (κ3) is 4.20. The number of aromatic nitrogens is 2. The normalized spacial score (nSPS) is 14.3. The van der Waals surface area contributed by atoms with E-state index in [1.54, 1.807) is 0 Å². The lowest BCUT2D eigenvalue weighted by Gasteiger charge is -2.16. The van der Waals surface area contributed by atoms with E-state index in [9.17, 15) is 4.79 Å². The Kier molecular flexibility index (Phi) is 5.08. The highest BCUT2D eigenvalue weighted by atomic mass is 16.2. The van der Waals surface area contributed by atoms with Crippen LogP contribution in [0.2, 0.25) is 0 Å². The predicted octanol–water partition coefficient (Wildman–Crippen LogP) is 2.75. The number of hydrogen-bond donors (Lipinski definition) is 2. The number of aryl methyl sites for hydroxylation is 1. The SMILES string of the molecule is CN(CC(=O)Nc1ccccc1)Cc1n[nH]c2c1CCCCC2. The molecule has 23 heavy (non-hydrogen) atoms. The lowest BCUT2D eigenvalue weighted by atomic mass is 10.1. The first-order valence-corrected chi connectivity index (χ1v) is 8.31. The Balaban J connectivity index is 1.56. The molecule has 5 nitrogen and oxygen atoms in total. The summed E-state index contributed by atoms with van der Waals surface area (Å²) in [6.07, 6.45) is 5.96. The highest BCUT2D eigenvalue weighted by molar-refractivity contribution is 5.92. The number of fused-ring (bicyclic) bond motifs is 1. The summed E-state index contributed by atoms with van der Waals surface area (Å²) in [5, 5.41) is 10.6. The molecule has 1 aromatic heterocycles. The van der Waals surface area contributed by atoms with Crippen LogP contribution in [0.15, 0.2) is 30.3 Å². The molecule has 0 atom stereocenters. The molecule has 0 unspecified atom stereocenters. The van der Waals surface area contributed by atoms with Gasteiger partial charge < -0.3 is 5.32 Å². The summed E-state index contributed by atoms with van der Waals surface area (Å²) in [5.41, 5.74) is 4.59. The molecule has 1 aliphatic rings. The number of benzene rings is 1. The molecule has 0 saturated carbocycles. The van der Waals surface area contributed by atoms with Crippen molar-refractivity contribution in [1.82, 2.24) is 15.1 Å². The summed E-state index contributed by atoms with van der Waals surface area (Å²) in [4.78, 5) is 14.1. The number of anilines is 1. The zero-order valence-corrected chi connectivity index (χ0v) is 13.6. The standard InChI is InChI=1S/C18H24N4O/c1-22(13-18(23)19-14-8-4-2-5-9-14)12-17-15-10-6-3-7-11-16(15)20-21-17/h2,4-5,8-9H,3,6-7,10-13H2,1H3,(H,19,23)(H,20,21). The smallest absolute Gasteiger partial charge is 0.238 e. The van der Waals surface area contributed by atoms with Gasteiger partial charge in [0.25, 0.3) is 0 Å². The predicted molar refractivity (Wildman–Crippen MR) is 91.3 cm³/mol. The van der Waals surface area contributed by atoms with Crippen molar-refractivity contribution in [3.63, 3.8) is 0 Å². The van der Waals surface area contributed by atoms with Gasteiger partial charge in [-0.15, -0.1) is 0 Å². The number of carbonyl (C=O) groups is 1. The van der Waals surface area contributed by atoms with Crippen LogP contribution in [-0.4, -0.2) is 34.6 Å². The van der Waals surface area contributed by atoms with Crippen molar-refractivity contribution in [2.24, 2.45) is 0 Å². The van der Waals surface area contributed by atoms with Gasteiger partial charge in [-0.1, -0.05) is 24.6 Å². The van der Waals surface area contributed by atoms with Gasteiger partial charge in [0.05, 0.1) is 12.2 Å². The van der Waals surface area contributed by atoms with E-state index < -0.39 is 0 Å². The first-order chi connectivity index (χ1) is 11.2. The van der Waals surface area contributed by atoms with Gasteiger partial charge in [0, 0.05) is 17.9 Å². The third-order valence-corrected chi connectivity index (χ3v) is 4.28. The number of nitrogens with zero attached hydrogens (tertiary/aromatic N) is 2. The molecule has 5 heteroatoms. The van der Waals surface area contributed by atoms with E-state index in [0.717, 1.165) is 24.2 Å². The summed E-state index contributed by atoms with van der Waals surface area (Å²) in [7, 11) is 1.96. The van der Waals surface area contributed by atoms with Crippen molar-refractivity contribution in [1.29, 1.82) is 0 Å². The quantitative estimate of drug-likeness (QED) is 0.835. The second kappa shape index (κ2) is 7.42. The van der Waals surface area contributed by atoms with Crippen molar-refractivity contribution >= 4 is 11.6 Å². The third-order valence-electron chi connectivity index (χ3n) is 4.28. The molecule has 0 aliphatic heterocycles.